The zero-order valence-electron chi connectivity index (χ0n) is 12.6. The molecule has 1 N–H and O–H groups in total. The van der Waals surface area contributed by atoms with Gasteiger partial charge >= 0.3 is 0 Å². The van der Waals surface area contributed by atoms with Gasteiger partial charge in [-0.25, -0.2) is 12.7 Å². The van der Waals surface area contributed by atoms with Gasteiger partial charge in [0, 0.05) is 32.8 Å². The van der Waals surface area contributed by atoms with Gasteiger partial charge in [0.15, 0.2) is 0 Å². The Labute approximate surface area is 121 Å². The van der Waals surface area contributed by atoms with E-state index >= 15 is 0 Å². The lowest BCUT2D eigenvalue weighted by atomic mass is 9.97. The summed E-state index contributed by atoms with van der Waals surface area (Å²) in [5, 5.41) is 8.93. The molecule has 1 heterocycles. The van der Waals surface area contributed by atoms with E-state index in [4.69, 9.17) is 5.11 Å². The van der Waals surface area contributed by atoms with Crippen LogP contribution in [0.5, 0.6) is 0 Å². The Kier molecular flexibility index (Phi) is 6.42. The van der Waals surface area contributed by atoms with Crippen molar-refractivity contribution >= 4 is 15.9 Å². The van der Waals surface area contributed by atoms with Crippen LogP contribution in [0.25, 0.3) is 0 Å². The van der Waals surface area contributed by atoms with Crippen LogP contribution in [0, 0.1) is 5.92 Å². The molecule has 0 spiro atoms. The summed E-state index contributed by atoms with van der Waals surface area (Å²) in [6.07, 6.45) is 1.98. The van der Waals surface area contributed by atoms with E-state index in [1.54, 1.807) is 18.9 Å². The molecule has 0 bridgehead atoms. The number of aliphatic hydroxyl groups excluding tert-OH is 1. The third-order valence-electron chi connectivity index (χ3n) is 4.05. The summed E-state index contributed by atoms with van der Waals surface area (Å²) in [6.45, 7) is 4.34. The maximum Gasteiger partial charge on any atom is 0.226 e. The van der Waals surface area contributed by atoms with E-state index in [9.17, 15) is 13.2 Å². The van der Waals surface area contributed by atoms with Gasteiger partial charge in [-0.05, 0) is 33.1 Å². The number of carbonyl (C=O) groups excluding carboxylic acids is 1. The highest BCUT2D eigenvalue weighted by molar-refractivity contribution is 7.89. The van der Waals surface area contributed by atoms with E-state index in [0.717, 1.165) is 12.8 Å². The molecular weight excluding hydrogens is 280 g/mol. The number of aliphatic hydroxyl groups is 1. The minimum Gasteiger partial charge on any atom is -0.396 e. The average molecular weight is 306 g/mol. The molecule has 1 amide bonds. The molecule has 6 nitrogen and oxygen atoms in total. The lowest BCUT2D eigenvalue weighted by Gasteiger charge is -2.34. The zero-order chi connectivity index (χ0) is 15.3. The molecule has 1 saturated heterocycles. The van der Waals surface area contributed by atoms with Gasteiger partial charge in [0.25, 0.3) is 0 Å². The fraction of sp³-hybridized carbons (Fsp3) is 0.923. The van der Waals surface area contributed by atoms with Crippen LogP contribution in [0.4, 0.5) is 0 Å². The number of sulfonamides is 1. The second kappa shape index (κ2) is 7.38. The standard InChI is InChI=1S/C13H26N2O4S/c1-4-20(18,19)15-8-5-6-12(10-15)13(17)14(3)11(2)7-9-16/h11-12,16H,4-10H2,1-3H3. The van der Waals surface area contributed by atoms with Gasteiger partial charge in [-0.3, -0.25) is 4.79 Å². The summed E-state index contributed by atoms with van der Waals surface area (Å²) in [4.78, 5) is 14.0. The second-order valence-electron chi connectivity index (χ2n) is 5.41. The normalized spacial score (nSPS) is 22.5. The molecule has 1 aliphatic heterocycles. The van der Waals surface area contributed by atoms with Gasteiger partial charge in [-0.1, -0.05) is 0 Å². The maximum absolute atomic E-state index is 12.4. The molecule has 20 heavy (non-hydrogen) atoms. The largest absolute Gasteiger partial charge is 0.396 e. The first-order valence-electron chi connectivity index (χ1n) is 7.18. The van der Waals surface area contributed by atoms with Gasteiger partial charge in [-0.15, -0.1) is 0 Å². The monoisotopic (exact) mass is 306 g/mol. The van der Waals surface area contributed by atoms with Gasteiger partial charge in [-0.2, -0.15) is 0 Å². The van der Waals surface area contributed by atoms with E-state index in [1.807, 2.05) is 6.92 Å². The molecule has 0 radical (unpaired) electrons. The van der Waals surface area contributed by atoms with Crippen LogP contribution >= 0.6 is 0 Å². The highest BCUT2D eigenvalue weighted by Crippen LogP contribution is 2.22. The fourth-order valence-electron chi connectivity index (χ4n) is 2.46. The molecule has 0 aromatic carbocycles. The quantitative estimate of drug-likeness (QED) is 0.764. The van der Waals surface area contributed by atoms with E-state index in [1.165, 1.54) is 4.31 Å². The maximum atomic E-state index is 12.4. The highest BCUT2D eigenvalue weighted by atomic mass is 32.2. The van der Waals surface area contributed by atoms with Gasteiger partial charge < -0.3 is 10.0 Å². The molecule has 2 unspecified atom stereocenters. The summed E-state index contributed by atoms with van der Waals surface area (Å²) in [5.74, 6) is -0.219. The van der Waals surface area contributed by atoms with Crippen LogP contribution in [-0.4, -0.2) is 67.2 Å². The molecular formula is C13H26N2O4S. The van der Waals surface area contributed by atoms with E-state index in [2.05, 4.69) is 0 Å². The molecule has 118 valence electrons. The Bertz CT molecular complexity index is 424. The first kappa shape index (κ1) is 17.4. The van der Waals surface area contributed by atoms with Crippen molar-refractivity contribution in [3.8, 4) is 0 Å². The van der Waals surface area contributed by atoms with Gasteiger partial charge in [0.05, 0.1) is 11.7 Å². The summed E-state index contributed by atoms with van der Waals surface area (Å²) in [5.41, 5.74) is 0. The van der Waals surface area contributed by atoms with Crippen LogP contribution in [-0.2, 0) is 14.8 Å². The molecule has 0 saturated carbocycles. The molecule has 1 fully saturated rings. The number of amides is 1. The summed E-state index contributed by atoms with van der Waals surface area (Å²) < 4.78 is 25.2. The van der Waals surface area contributed by atoms with E-state index in [-0.39, 0.29) is 36.8 Å². The van der Waals surface area contributed by atoms with Crippen molar-refractivity contribution in [3.63, 3.8) is 0 Å². The second-order valence-corrected chi connectivity index (χ2v) is 7.67. The Morgan fingerprint density at radius 2 is 2.15 bits per heavy atom. The van der Waals surface area contributed by atoms with Crippen molar-refractivity contribution in [1.29, 1.82) is 0 Å². The fourth-order valence-corrected chi connectivity index (χ4v) is 3.64. The molecule has 1 aliphatic rings. The molecule has 0 aromatic rings. The third kappa shape index (κ3) is 4.17. The van der Waals surface area contributed by atoms with Crippen molar-refractivity contribution in [2.45, 2.75) is 39.2 Å². The van der Waals surface area contributed by atoms with Crippen molar-refractivity contribution in [1.82, 2.24) is 9.21 Å². The number of hydrogen-bond acceptors (Lipinski definition) is 4. The highest BCUT2D eigenvalue weighted by Gasteiger charge is 2.33. The average Bonchev–Trinajstić information content (AvgIpc) is 2.46. The lowest BCUT2D eigenvalue weighted by molar-refractivity contribution is -0.137. The van der Waals surface area contributed by atoms with Crippen LogP contribution < -0.4 is 0 Å². The topological polar surface area (TPSA) is 77.9 Å². The predicted octanol–water partition coefficient (Wildman–Crippen LogP) is 0.277. The summed E-state index contributed by atoms with van der Waals surface area (Å²) in [7, 11) is -1.50. The van der Waals surface area contributed by atoms with Crippen molar-refractivity contribution in [3.05, 3.63) is 0 Å². The number of piperidine rings is 1. The van der Waals surface area contributed by atoms with Crippen LogP contribution in [0.15, 0.2) is 0 Å². The number of nitrogens with zero attached hydrogens (tertiary/aromatic N) is 2. The van der Waals surface area contributed by atoms with E-state index < -0.39 is 10.0 Å². The van der Waals surface area contributed by atoms with Gasteiger partial charge in [0.2, 0.25) is 15.9 Å². The smallest absolute Gasteiger partial charge is 0.226 e. The molecule has 2 atom stereocenters. The van der Waals surface area contributed by atoms with Gasteiger partial charge in [0.1, 0.15) is 0 Å². The zero-order valence-corrected chi connectivity index (χ0v) is 13.4. The van der Waals surface area contributed by atoms with Crippen molar-refractivity contribution in [2.24, 2.45) is 5.92 Å². The first-order valence-corrected chi connectivity index (χ1v) is 8.79. The number of hydrogen-bond donors (Lipinski definition) is 1. The number of rotatable bonds is 6. The molecule has 0 aliphatic carbocycles. The Morgan fingerprint density at radius 1 is 1.50 bits per heavy atom. The molecule has 0 aromatic heterocycles. The lowest BCUT2D eigenvalue weighted by Crippen LogP contribution is -2.48. The third-order valence-corrected chi connectivity index (χ3v) is 5.90. The SMILES string of the molecule is CCS(=O)(=O)N1CCCC(C(=O)N(C)C(C)CCO)C1. The first-order chi connectivity index (χ1) is 9.33. The Morgan fingerprint density at radius 3 is 2.70 bits per heavy atom. The van der Waals surface area contributed by atoms with Crippen molar-refractivity contribution < 1.29 is 18.3 Å². The van der Waals surface area contributed by atoms with Crippen molar-refractivity contribution in [2.75, 3.05) is 32.5 Å². The molecule has 7 heteroatoms. The predicted molar refractivity (Wildman–Crippen MR) is 77.7 cm³/mol. The Hall–Kier alpha value is -0.660. The Balaban J connectivity index is 2.69. The summed E-state index contributed by atoms with van der Waals surface area (Å²) in [6, 6.07) is -0.0364. The minimum absolute atomic E-state index is 0.0260. The number of carbonyl (C=O) groups is 1. The van der Waals surface area contributed by atoms with Crippen LogP contribution in [0.1, 0.15) is 33.1 Å². The molecule has 1 rings (SSSR count). The minimum atomic E-state index is -3.22. The van der Waals surface area contributed by atoms with Crippen LogP contribution in [0.2, 0.25) is 0 Å². The van der Waals surface area contributed by atoms with E-state index in [0.29, 0.717) is 13.0 Å². The van der Waals surface area contributed by atoms with Crippen LogP contribution in [0.3, 0.4) is 0 Å². The summed E-state index contributed by atoms with van der Waals surface area (Å²) >= 11 is 0.